The highest BCUT2D eigenvalue weighted by Crippen LogP contribution is 2.37. The van der Waals surface area contributed by atoms with Crippen LogP contribution in [-0.4, -0.2) is 40.3 Å². The fourth-order valence-electron chi connectivity index (χ4n) is 2.03. The van der Waals surface area contributed by atoms with Crippen molar-refractivity contribution in [1.82, 2.24) is 5.32 Å². The monoisotopic (exact) mass is 330 g/mol. The van der Waals surface area contributed by atoms with Crippen LogP contribution in [0.2, 0.25) is 0 Å². The van der Waals surface area contributed by atoms with Crippen LogP contribution in [0.4, 0.5) is 5.69 Å². The van der Waals surface area contributed by atoms with Crippen LogP contribution in [0.1, 0.15) is 12.8 Å². The lowest BCUT2D eigenvalue weighted by Gasteiger charge is -2.15. The summed E-state index contributed by atoms with van der Waals surface area (Å²) < 4.78 is 15.7. The Kier molecular flexibility index (Phi) is 7.27. The van der Waals surface area contributed by atoms with E-state index in [0.29, 0.717) is 22.9 Å². The van der Waals surface area contributed by atoms with Crippen LogP contribution in [-0.2, 0) is 4.79 Å². The normalized spacial score (nSPS) is 13.0. The van der Waals surface area contributed by atoms with E-state index < -0.39 is 0 Å². The molecule has 1 saturated carbocycles. The smallest absolute Gasteiger partial charge is 0.238 e. The molecule has 0 radical (unpaired) electrons. The van der Waals surface area contributed by atoms with E-state index in [1.54, 1.807) is 33.5 Å². The molecule has 0 bridgehead atoms. The lowest BCUT2D eigenvalue weighted by atomic mass is 10.2. The van der Waals surface area contributed by atoms with Crippen LogP contribution in [0.25, 0.3) is 0 Å². The number of carbonyl (C=O) groups excluding carboxylic acids is 1. The maximum atomic E-state index is 11.9. The van der Waals surface area contributed by atoms with Crippen LogP contribution in [0, 0.1) is 5.92 Å². The summed E-state index contributed by atoms with van der Waals surface area (Å²) in [5, 5.41) is 5.97. The standard InChI is InChI=1S/C15H22N2O4.ClH/c1-19-12-7-14(21-3)13(20-2)6-11(12)17-15(18)9-16-8-10-4-5-10;/h6-7,10,16H,4-5,8-9H2,1-3H3,(H,17,18);1H. The number of hydrogen-bond acceptors (Lipinski definition) is 5. The van der Waals surface area contributed by atoms with Gasteiger partial charge in [0.05, 0.1) is 33.6 Å². The summed E-state index contributed by atoms with van der Waals surface area (Å²) in [6, 6.07) is 3.38. The van der Waals surface area contributed by atoms with Gasteiger partial charge in [-0.15, -0.1) is 12.4 Å². The average Bonchev–Trinajstić information content (AvgIpc) is 3.30. The van der Waals surface area contributed by atoms with Gasteiger partial charge in [0, 0.05) is 12.1 Å². The molecule has 0 heterocycles. The predicted octanol–water partition coefficient (Wildman–Crippen LogP) is 2.07. The zero-order valence-electron chi connectivity index (χ0n) is 13.1. The average molecular weight is 331 g/mol. The Morgan fingerprint density at radius 3 is 2.23 bits per heavy atom. The number of rotatable bonds is 8. The molecule has 124 valence electrons. The third kappa shape index (κ3) is 4.96. The summed E-state index contributed by atoms with van der Waals surface area (Å²) in [6.07, 6.45) is 2.52. The summed E-state index contributed by atoms with van der Waals surface area (Å²) >= 11 is 0. The molecule has 1 fully saturated rings. The Hall–Kier alpha value is -1.66. The SMILES string of the molecule is COc1cc(OC)c(OC)cc1NC(=O)CNCC1CC1.Cl. The number of amides is 1. The van der Waals surface area contributed by atoms with Crippen molar-refractivity contribution < 1.29 is 19.0 Å². The molecule has 1 aromatic carbocycles. The van der Waals surface area contributed by atoms with Crippen molar-refractivity contribution in [2.24, 2.45) is 5.92 Å². The molecule has 0 aliphatic heterocycles. The Labute approximate surface area is 136 Å². The highest BCUT2D eigenvalue weighted by molar-refractivity contribution is 5.94. The van der Waals surface area contributed by atoms with Gasteiger partial charge in [0.25, 0.3) is 0 Å². The number of methoxy groups -OCH3 is 3. The molecule has 2 rings (SSSR count). The number of nitrogens with one attached hydrogen (secondary N) is 2. The largest absolute Gasteiger partial charge is 0.494 e. The Morgan fingerprint density at radius 2 is 1.68 bits per heavy atom. The van der Waals surface area contributed by atoms with Gasteiger partial charge >= 0.3 is 0 Å². The first kappa shape index (κ1) is 18.4. The summed E-state index contributed by atoms with van der Waals surface area (Å²) in [5.41, 5.74) is 0.563. The van der Waals surface area contributed by atoms with E-state index in [1.165, 1.54) is 12.8 Å². The molecule has 6 nitrogen and oxygen atoms in total. The van der Waals surface area contributed by atoms with E-state index in [-0.39, 0.29) is 24.9 Å². The molecule has 0 saturated heterocycles. The molecule has 22 heavy (non-hydrogen) atoms. The van der Waals surface area contributed by atoms with Gasteiger partial charge in [0.1, 0.15) is 5.75 Å². The lowest BCUT2D eigenvalue weighted by molar-refractivity contribution is -0.115. The van der Waals surface area contributed by atoms with Crippen LogP contribution in [0.15, 0.2) is 12.1 Å². The molecular weight excluding hydrogens is 308 g/mol. The molecule has 2 N–H and O–H groups in total. The summed E-state index contributed by atoms with van der Waals surface area (Å²) in [5.74, 6) is 2.26. The van der Waals surface area contributed by atoms with E-state index >= 15 is 0 Å². The van der Waals surface area contributed by atoms with E-state index in [1.807, 2.05) is 0 Å². The zero-order valence-corrected chi connectivity index (χ0v) is 13.9. The molecule has 0 unspecified atom stereocenters. The minimum Gasteiger partial charge on any atom is -0.494 e. The van der Waals surface area contributed by atoms with E-state index in [0.717, 1.165) is 12.5 Å². The third-order valence-corrected chi connectivity index (χ3v) is 3.40. The fourth-order valence-corrected chi connectivity index (χ4v) is 2.03. The second-order valence-electron chi connectivity index (χ2n) is 5.03. The molecule has 0 aromatic heterocycles. The second kappa shape index (κ2) is 8.70. The van der Waals surface area contributed by atoms with Gasteiger partial charge in [-0.05, 0) is 25.3 Å². The molecular formula is C15H23ClN2O4. The summed E-state index contributed by atoms with van der Waals surface area (Å²) in [4.78, 5) is 11.9. The highest BCUT2D eigenvalue weighted by atomic mass is 35.5. The summed E-state index contributed by atoms with van der Waals surface area (Å²) in [7, 11) is 4.65. The van der Waals surface area contributed by atoms with Crippen molar-refractivity contribution in [1.29, 1.82) is 0 Å². The Balaban J connectivity index is 0.00000242. The van der Waals surface area contributed by atoms with Crippen molar-refractivity contribution in [3.63, 3.8) is 0 Å². The van der Waals surface area contributed by atoms with Gasteiger partial charge in [-0.25, -0.2) is 0 Å². The maximum Gasteiger partial charge on any atom is 0.238 e. The van der Waals surface area contributed by atoms with Crippen LogP contribution >= 0.6 is 12.4 Å². The number of ether oxygens (including phenoxy) is 3. The minimum absolute atomic E-state index is 0. The van der Waals surface area contributed by atoms with Gasteiger partial charge in [0.2, 0.25) is 5.91 Å². The Bertz CT molecular complexity index is 507. The molecule has 1 amide bonds. The van der Waals surface area contributed by atoms with Gasteiger partial charge < -0.3 is 24.8 Å². The first-order valence-corrected chi connectivity index (χ1v) is 6.98. The topological polar surface area (TPSA) is 68.8 Å². The minimum atomic E-state index is -0.110. The van der Waals surface area contributed by atoms with E-state index in [4.69, 9.17) is 14.2 Å². The lowest BCUT2D eigenvalue weighted by Crippen LogP contribution is -2.29. The van der Waals surface area contributed by atoms with Crippen molar-refractivity contribution >= 4 is 24.0 Å². The van der Waals surface area contributed by atoms with E-state index in [2.05, 4.69) is 10.6 Å². The van der Waals surface area contributed by atoms with Crippen LogP contribution in [0.5, 0.6) is 17.2 Å². The molecule has 1 aromatic rings. The van der Waals surface area contributed by atoms with Gasteiger partial charge in [0.15, 0.2) is 11.5 Å². The maximum absolute atomic E-state index is 11.9. The quantitative estimate of drug-likeness (QED) is 0.763. The number of anilines is 1. The molecule has 1 aliphatic rings. The molecule has 1 aliphatic carbocycles. The fraction of sp³-hybridized carbons (Fsp3) is 0.533. The number of benzene rings is 1. The first-order chi connectivity index (χ1) is 10.2. The predicted molar refractivity (Wildman–Crippen MR) is 87.6 cm³/mol. The Morgan fingerprint density at radius 1 is 1.09 bits per heavy atom. The van der Waals surface area contributed by atoms with Crippen LogP contribution < -0.4 is 24.8 Å². The van der Waals surface area contributed by atoms with Crippen molar-refractivity contribution in [2.45, 2.75) is 12.8 Å². The first-order valence-electron chi connectivity index (χ1n) is 6.98. The number of carbonyl (C=O) groups is 1. The zero-order chi connectivity index (χ0) is 15.2. The number of hydrogen-bond donors (Lipinski definition) is 2. The molecule has 0 spiro atoms. The number of halogens is 1. The third-order valence-electron chi connectivity index (χ3n) is 3.40. The second-order valence-corrected chi connectivity index (χ2v) is 5.03. The highest BCUT2D eigenvalue weighted by Gasteiger charge is 2.21. The van der Waals surface area contributed by atoms with Crippen molar-refractivity contribution in [2.75, 3.05) is 39.7 Å². The van der Waals surface area contributed by atoms with Crippen molar-refractivity contribution in [3.05, 3.63) is 12.1 Å². The van der Waals surface area contributed by atoms with Gasteiger partial charge in [-0.1, -0.05) is 0 Å². The molecule has 7 heteroatoms. The van der Waals surface area contributed by atoms with E-state index in [9.17, 15) is 4.79 Å². The van der Waals surface area contributed by atoms with Gasteiger partial charge in [-0.3, -0.25) is 4.79 Å². The summed E-state index contributed by atoms with van der Waals surface area (Å²) in [6.45, 7) is 1.19. The van der Waals surface area contributed by atoms with Crippen molar-refractivity contribution in [3.8, 4) is 17.2 Å². The van der Waals surface area contributed by atoms with Crippen LogP contribution in [0.3, 0.4) is 0 Å². The molecule has 0 atom stereocenters. The van der Waals surface area contributed by atoms with Gasteiger partial charge in [-0.2, -0.15) is 0 Å².